The van der Waals surface area contributed by atoms with E-state index in [1.54, 1.807) is 11.3 Å². The van der Waals surface area contributed by atoms with Crippen molar-refractivity contribution >= 4 is 17.3 Å². The average molecular weight is 227 g/mol. The number of aliphatic carboxylic acids is 1. The van der Waals surface area contributed by atoms with Crippen LogP contribution < -0.4 is 5.32 Å². The Kier molecular flexibility index (Phi) is 4.78. The van der Waals surface area contributed by atoms with Gasteiger partial charge in [-0.05, 0) is 24.8 Å². The van der Waals surface area contributed by atoms with E-state index in [-0.39, 0.29) is 6.04 Å². The van der Waals surface area contributed by atoms with E-state index >= 15 is 0 Å². The number of carboxylic acids is 1. The first kappa shape index (κ1) is 12.2. The molecule has 84 valence electrons. The number of thiophene rings is 1. The maximum Gasteiger partial charge on any atom is 0.320 e. The Morgan fingerprint density at radius 3 is 2.87 bits per heavy atom. The molecule has 0 saturated heterocycles. The molecule has 0 saturated carbocycles. The van der Waals surface area contributed by atoms with Crippen molar-refractivity contribution in [2.24, 2.45) is 0 Å². The minimum atomic E-state index is -0.764. The number of carboxylic acid groups (broad SMARTS) is 1. The summed E-state index contributed by atoms with van der Waals surface area (Å²) in [6.07, 6.45) is 1.55. The third-order valence-electron chi connectivity index (χ3n) is 2.30. The summed E-state index contributed by atoms with van der Waals surface area (Å²) < 4.78 is 0. The molecule has 0 aromatic carbocycles. The van der Waals surface area contributed by atoms with Crippen LogP contribution in [0.3, 0.4) is 0 Å². The van der Waals surface area contributed by atoms with Gasteiger partial charge in [-0.3, -0.25) is 10.1 Å². The molecule has 4 heteroatoms. The topological polar surface area (TPSA) is 49.3 Å². The van der Waals surface area contributed by atoms with Crippen LogP contribution in [0.2, 0.25) is 0 Å². The number of carbonyl (C=O) groups is 1. The van der Waals surface area contributed by atoms with E-state index in [2.05, 4.69) is 5.32 Å². The molecule has 15 heavy (non-hydrogen) atoms. The predicted octanol–water partition coefficient (Wildman–Crippen LogP) is 2.65. The largest absolute Gasteiger partial charge is 0.480 e. The average Bonchev–Trinajstić information content (AvgIpc) is 2.69. The van der Waals surface area contributed by atoms with Crippen LogP contribution in [0.1, 0.15) is 37.6 Å². The van der Waals surface area contributed by atoms with Gasteiger partial charge in [0.1, 0.15) is 6.04 Å². The molecule has 0 aliphatic carbocycles. The lowest BCUT2D eigenvalue weighted by Gasteiger charge is -2.18. The number of hydrogen-bond donors (Lipinski definition) is 2. The quantitative estimate of drug-likeness (QED) is 0.785. The summed E-state index contributed by atoms with van der Waals surface area (Å²) >= 11 is 1.65. The Morgan fingerprint density at radius 2 is 2.40 bits per heavy atom. The van der Waals surface area contributed by atoms with E-state index in [9.17, 15) is 4.79 Å². The summed E-state index contributed by atoms with van der Waals surface area (Å²) in [7, 11) is 0. The van der Waals surface area contributed by atoms with Gasteiger partial charge in [0.2, 0.25) is 0 Å². The molecule has 0 aliphatic rings. The molecule has 0 bridgehead atoms. The van der Waals surface area contributed by atoms with Crippen molar-refractivity contribution in [1.29, 1.82) is 0 Å². The predicted molar refractivity (Wildman–Crippen MR) is 62.2 cm³/mol. The van der Waals surface area contributed by atoms with Crippen LogP contribution in [0.4, 0.5) is 0 Å². The third kappa shape index (κ3) is 3.64. The molecule has 1 aromatic heterocycles. The summed E-state index contributed by atoms with van der Waals surface area (Å²) in [6.45, 7) is 3.99. The summed E-state index contributed by atoms with van der Waals surface area (Å²) in [5.74, 6) is -0.764. The highest BCUT2D eigenvalue weighted by atomic mass is 32.1. The van der Waals surface area contributed by atoms with E-state index in [1.807, 2.05) is 31.4 Å². The summed E-state index contributed by atoms with van der Waals surface area (Å²) in [4.78, 5) is 12.1. The Bertz CT molecular complexity index is 298. The minimum absolute atomic E-state index is 0.109. The number of nitrogens with one attached hydrogen (secondary N) is 1. The van der Waals surface area contributed by atoms with E-state index in [4.69, 9.17) is 5.11 Å². The number of hydrogen-bond acceptors (Lipinski definition) is 3. The molecule has 1 unspecified atom stereocenters. The van der Waals surface area contributed by atoms with Gasteiger partial charge in [0.05, 0.1) is 0 Å². The molecule has 1 heterocycles. The zero-order chi connectivity index (χ0) is 11.3. The second kappa shape index (κ2) is 5.88. The maximum atomic E-state index is 10.9. The molecule has 2 atom stereocenters. The van der Waals surface area contributed by atoms with Crippen LogP contribution >= 0.6 is 11.3 Å². The maximum absolute atomic E-state index is 10.9. The highest BCUT2D eigenvalue weighted by molar-refractivity contribution is 7.10. The van der Waals surface area contributed by atoms with Crippen molar-refractivity contribution in [3.63, 3.8) is 0 Å². The minimum Gasteiger partial charge on any atom is -0.480 e. The first-order valence-electron chi connectivity index (χ1n) is 5.17. The Hall–Kier alpha value is -0.870. The van der Waals surface area contributed by atoms with Gasteiger partial charge in [-0.1, -0.05) is 19.4 Å². The van der Waals surface area contributed by atoms with Crippen molar-refractivity contribution in [3.05, 3.63) is 22.4 Å². The first-order chi connectivity index (χ1) is 7.15. The van der Waals surface area contributed by atoms with E-state index in [0.717, 1.165) is 6.42 Å². The van der Waals surface area contributed by atoms with Crippen molar-refractivity contribution in [2.45, 2.75) is 38.8 Å². The molecule has 0 spiro atoms. The molecular weight excluding hydrogens is 210 g/mol. The Labute approximate surface area is 94.1 Å². The van der Waals surface area contributed by atoms with Gasteiger partial charge in [-0.2, -0.15) is 0 Å². The van der Waals surface area contributed by atoms with Crippen molar-refractivity contribution in [3.8, 4) is 0 Å². The van der Waals surface area contributed by atoms with Crippen LogP contribution in [0.25, 0.3) is 0 Å². The van der Waals surface area contributed by atoms with Crippen LogP contribution in [-0.4, -0.2) is 17.1 Å². The molecule has 0 fully saturated rings. The molecule has 1 rings (SSSR count). The van der Waals surface area contributed by atoms with Gasteiger partial charge >= 0.3 is 5.97 Å². The van der Waals surface area contributed by atoms with Crippen molar-refractivity contribution < 1.29 is 9.90 Å². The SMILES string of the molecule is CCCC(N[C@H](C)c1cccs1)C(=O)O. The monoisotopic (exact) mass is 227 g/mol. The fraction of sp³-hybridized carbons (Fsp3) is 0.545. The van der Waals surface area contributed by atoms with Gasteiger partial charge in [0, 0.05) is 10.9 Å². The van der Waals surface area contributed by atoms with Crippen molar-refractivity contribution in [2.75, 3.05) is 0 Å². The van der Waals surface area contributed by atoms with Gasteiger partial charge in [0.15, 0.2) is 0 Å². The van der Waals surface area contributed by atoms with E-state index in [0.29, 0.717) is 6.42 Å². The molecule has 0 amide bonds. The smallest absolute Gasteiger partial charge is 0.320 e. The molecular formula is C11H17NO2S. The van der Waals surface area contributed by atoms with Gasteiger partial charge < -0.3 is 5.11 Å². The van der Waals surface area contributed by atoms with Crippen LogP contribution in [0.15, 0.2) is 17.5 Å². The molecule has 3 nitrogen and oxygen atoms in total. The van der Waals surface area contributed by atoms with Crippen LogP contribution in [-0.2, 0) is 4.79 Å². The zero-order valence-corrected chi connectivity index (χ0v) is 9.88. The molecule has 1 aromatic rings. The van der Waals surface area contributed by atoms with Crippen LogP contribution in [0.5, 0.6) is 0 Å². The van der Waals surface area contributed by atoms with Gasteiger partial charge in [-0.15, -0.1) is 11.3 Å². The highest BCUT2D eigenvalue weighted by Gasteiger charge is 2.19. The third-order valence-corrected chi connectivity index (χ3v) is 3.35. The zero-order valence-electron chi connectivity index (χ0n) is 9.06. The summed E-state index contributed by atoms with van der Waals surface area (Å²) in [6, 6.07) is 3.67. The van der Waals surface area contributed by atoms with E-state index < -0.39 is 12.0 Å². The van der Waals surface area contributed by atoms with E-state index in [1.165, 1.54) is 4.88 Å². The first-order valence-corrected chi connectivity index (χ1v) is 6.05. The summed E-state index contributed by atoms with van der Waals surface area (Å²) in [5.41, 5.74) is 0. The fourth-order valence-corrected chi connectivity index (χ4v) is 2.23. The Balaban J connectivity index is 2.54. The normalized spacial score (nSPS) is 14.8. The van der Waals surface area contributed by atoms with Gasteiger partial charge in [-0.25, -0.2) is 0 Å². The fourth-order valence-electron chi connectivity index (χ4n) is 1.49. The lowest BCUT2D eigenvalue weighted by atomic mass is 10.1. The highest BCUT2D eigenvalue weighted by Crippen LogP contribution is 2.19. The van der Waals surface area contributed by atoms with Crippen molar-refractivity contribution in [1.82, 2.24) is 5.32 Å². The number of rotatable bonds is 6. The molecule has 2 N–H and O–H groups in total. The molecule has 0 aliphatic heterocycles. The standard InChI is InChI=1S/C11H17NO2S/c1-3-5-9(11(13)14)12-8(2)10-6-4-7-15-10/h4,6-9,12H,3,5H2,1-2H3,(H,13,14)/t8-,9?/m1/s1. The van der Waals surface area contributed by atoms with Crippen LogP contribution in [0, 0.1) is 0 Å². The summed E-state index contributed by atoms with van der Waals surface area (Å²) in [5, 5.41) is 14.1. The van der Waals surface area contributed by atoms with Gasteiger partial charge in [0.25, 0.3) is 0 Å². The lowest BCUT2D eigenvalue weighted by Crippen LogP contribution is -2.37. The Morgan fingerprint density at radius 1 is 1.67 bits per heavy atom. The molecule has 0 radical (unpaired) electrons. The second-order valence-electron chi connectivity index (χ2n) is 3.58. The second-order valence-corrected chi connectivity index (χ2v) is 4.56. The lowest BCUT2D eigenvalue weighted by molar-refractivity contribution is -0.139.